The van der Waals surface area contributed by atoms with E-state index >= 15 is 0 Å². The van der Waals surface area contributed by atoms with Gasteiger partial charge in [-0.15, -0.1) is 0 Å². The smallest absolute Gasteiger partial charge is 0.336 e. The quantitative estimate of drug-likeness (QED) is 0.638. The number of hydrogen-bond acceptors (Lipinski definition) is 5. The molecule has 1 aliphatic rings. The summed E-state index contributed by atoms with van der Waals surface area (Å²) >= 11 is 6.38. The minimum absolute atomic E-state index is 0.000644. The molecular formula is C23H23ClO6. The molecule has 0 fully saturated rings. The highest BCUT2D eigenvalue weighted by Gasteiger charge is 2.31. The first kappa shape index (κ1) is 21.9. The number of carbonyl (C=O) groups is 1. The van der Waals surface area contributed by atoms with Crippen molar-refractivity contribution in [3.8, 4) is 11.5 Å². The molecule has 30 heavy (non-hydrogen) atoms. The van der Waals surface area contributed by atoms with Gasteiger partial charge in [0.15, 0.2) is 0 Å². The summed E-state index contributed by atoms with van der Waals surface area (Å²) in [5.41, 5.74) is 1.85. The molecule has 7 heteroatoms. The number of ether oxygens (including phenoxy) is 4. The molecule has 0 radical (unpaired) electrons. The Morgan fingerprint density at radius 1 is 0.900 bits per heavy atom. The lowest BCUT2D eigenvalue weighted by Crippen LogP contribution is -2.34. The van der Waals surface area contributed by atoms with Crippen molar-refractivity contribution in [3.63, 3.8) is 0 Å². The van der Waals surface area contributed by atoms with Gasteiger partial charge in [-0.3, -0.25) is 0 Å². The molecule has 0 amide bonds. The van der Waals surface area contributed by atoms with Gasteiger partial charge in [0.1, 0.15) is 23.7 Å². The fourth-order valence-electron chi connectivity index (χ4n) is 2.98. The summed E-state index contributed by atoms with van der Waals surface area (Å²) in [5.74, 6) is 0.392. The Bertz CT molecular complexity index is 918. The summed E-state index contributed by atoms with van der Waals surface area (Å²) in [5, 5.41) is 9.51. The summed E-state index contributed by atoms with van der Waals surface area (Å²) in [6.07, 6.45) is 1.86. The highest BCUT2D eigenvalue weighted by atomic mass is 35.5. The van der Waals surface area contributed by atoms with Gasteiger partial charge in [-0.05, 0) is 41.5 Å². The molecule has 2 unspecified atom stereocenters. The lowest BCUT2D eigenvalue weighted by Gasteiger charge is -2.28. The van der Waals surface area contributed by atoms with E-state index in [0.29, 0.717) is 6.61 Å². The Hall–Kier alpha value is -2.80. The number of carboxylic acid groups (broad SMARTS) is 1. The van der Waals surface area contributed by atoms with Crippen LogP contribution in [0, 0.1) is 0 Å². The number of methoxy groups -OCH3 is 2. The third-order valence-corrected chi connectivity index (χ3v) is 5.10. The van der Waals surface area contributed by atoms with Crippen LogP contribution in [-0.4, -0.2) is 37.5 Å². The zero-order valence-electron chi connectivity index (χ0n) is 16.7. The highest BCUT2D eigenvalue weighted by Crippen LogP contribution is 2.29. The first-order valence-electron chi connectivity index (χ1n) is 9.32. The van der Waals surface area contributed by atoms with Crippen LogP contribution in [0.2, 0.25) is 0 Å². The topological polar surface area (TPSA) is 74.2 Å². The fourth-order valence-corrected chi connectivity index (χ4v) is 3.31. The Morgan fingerprint density at radius 3 is 1.87 bits per heavy atom. The lowest BCUT2D eigenvalue weighted by molar-refractivity contribution is -0.132. The van der Waals surface area contributed by atoms with Crippen LogP contribution in [0.1, 0.15) is 11.1 Å². The van der Waals surface area contributed by atoms with E-state index in [4.69, 9.17) is 30.5 Å². The van der Waals surface area contributed by atoms with E-state index in [2.05, 4.69) is 0 Å². The van der Waals surface area contributed by atoms with Crippen LogP contribution >= 0.6 is 11.6 Å². The number of rotatable bonds is 9. The number of aliphatic carboxylic acids is 1. The molecular weight excluding hydrogens is 408 g/mol. The number of halogens is 1. The second-order valence-electron chi connectivity index (χ2n) is 6.63. The number of hydrogen-bond donors (Lipinski definition) is 1. The van der Waals surface area contributed by atoms with Gasteiger partial charge in [0.05, 0.1) is 38.0 Å². The van der Waals surface area contributed by atoms with Gasteiger partial charge in [0.2, 0.25) is 0 Å². The van der Waals surface area contributed by atoms with Crippen molar-refractivity contribution in [1.29, 1.82) is 0 Å². The second-order valence-corrected chi connectivity index (χ2v) is 7.04. The molecule has 0 aliphatic heterocycles. The van der Waals surface area contributed by atoms with Gasteiger partial charge >= 0.3 is 5.97 Å². The largest absolute Gasteiger partial charge is 0.497 e. The van der Waals surface area contributed by atoms with Crippen LogP contribution in [0.5, 0.6) is 11.5 Å². The van der Waals surface area contributed by atoms with Crippen molar-refractivity contribution in [3.05, 3.63) is 82.4 Å². The lowest BCUT2D eigenvalue weighted by atomic mass is 10.0. The first-order valence-corrected chi connectivity index (χ1v) is 9.70. The maximum atomic E-state index is 11.5. The Morgan fingerprint density at radius 2 is 1.40 bits per heavy atom. The molecule has 2 atom stereocenters. The van der Waals surface area contributed by atoms with E-state index in [1.165, 1.54) is 6.08 Å². The molecule has 0 spiro atoms. The van der Waals surface area contributed by atoms with Gasteiger partial charge in [-0.1, -0.05) is 41.9 Å². The molecule has 6 nitrogen and oxygen atoms in total. The third-order valence-electron chi connectivity index (χ3n) is 4.68. The van der Waals surface area contributed by atoms with Crippen LogP contribution in [0.25, 0.3) is 0 Å². The van der Waals surface area contributed by atoms with Crippen molar-refractivity contribution in [2.24, 2.45) is 0 Å². The average molecular weight is 431 g/mol. The molecule has 1 N–H and O–H groups in total. The van der Waals surface area contributed by atoms with Crippen molar-refractivity contribution in [1.82, 2.24) is 0 Å². The minimum Gasteiger partial charge on any atom is -0.497 e. The standard InChI is InChI=1S/C23H23ClO6/c1-27-17-7-3-15(4-8-17)13-29-20-12-11-19(23(25)26)21(24)22(20)30-14-16-5-9-18(28-2)10-6-16/h3-12,20,22H,13-14H2,1-2H3,(H,25,26). The van der Waals surface area contributed by atoms with Crippen molar-refractivity contribution in [2.45, 2.75) is 25.4 Å². The minimum atomic E-state index is -1.11. The Kier molecular flexibility index (Phi) is 7.52. The predicted octanol–water partition coefficient (Wildman–Crippen LogP) is 4.32. The summed E-state index contributed by atoms with van der Waals surface area (Å²) in [7, 11) is 3.21. The first-order chi connectivity index (χ1) is 14.5. The van der Waals surface area contributed by atoms with Gasteiger partial charge in [0, 0.05) is 0 Å². The van der Waals surface area contributed by atoms with E-state index in [1.807, 2.05) is 48.5 Å². The normalized spacial score (nSPS) is 18.4. The Labute approximate surface area is 180 Å². The summed E-state index contributed by atoms with van der Waals surface area (Å²) in [6.45, 7) is 0.558. The summed E-state index contributed by atoms with van der Waals surface area (Å²) in [4.78, 5) is 11.5. The molecule has 158 valence electrons. The molecule has 0 heterocycles. The average Bonchev–Trinajstić information content (AvgIpc) is 2.77. The van der Waals surface area contributed by atoms with Crippen LogP contribution in [0.3, 0.4) is 0 Å². The van der Waals surface area contributed by atoms with E-state index < -0.39 is 18.2 Å². The van der Waals surface area contributed by atoms with Crippen molar-refractivity contribution >= 4 is 17.6 Å². The highest BCUT2D eigenvalue weighted by molar-refractivity contribution is 6.32. The number of benzene rings is 2. The van der Waals surface area contributed by atoms with E-state index in [-0.39, 0.29) is 17.2 Å². The second kappa shape index (κ2) is 10.3. The molecule has 2 aromatic carbocycles. The molecule has 0 aromatic heterocycles. The summed E-state index contributed by atoms with van der Waals surface area (Å²) in [6, 6.07) is 14.9. The zero-order chi connectivity index (χ0) is 21.5. The number of carboxylic acids is 1. The van der Waals surface area contributed by atoms with Crippen molar-refractivity contribution in [2.75, 3.05) is 14.2 Å². The molecule has 0 saturated heterocycles. The van der Waals surface area contributed by atoms with Crippen LogP contribution in [0.15, 0.2) is 71.3 Å². The maximum Gasteiger partial charge on any atom is 0.336 e. The molecule has 1 aliphatic carbocycles. The third kappa shape index (κ3) is 5.42. The molecule has 0 bridgehead atoms. The fraction of sp³-hybridized carbons (Fsp3) is 0.261. The van der Waals surface area contributed by atoms with Gasteiger partial charge < -0.3 is 24.1 Å². The van der Waals surface area contributed by atoms with Crippen LogP contribution < -0.4 is 9.47 Å². The van der Waals surface area contributed by atoms with Gasteiger partial charge in [-0.25, -0.2) is 4.79 Å². The van der Waals surface area contributed by atoms with Crippen LogP contribution in [-0.2, 0) is 27.5 Å². The molecule has 2 aromatic rings. The molecule has 0 saturated carbocycles. The SMILES string of the molecule is COc1ccc(COC2C=CC(C(=O)O)=C(Cl)C2OCc2ccc(OC)cc2)cc1. The summed E-state index contributed by atoms with van der Waals surface area (Å²) < 4.78 is 22.3. The van der Waals surface area contributed by atoms with E-state index in [0.717, 1.165) is 22.6 Å². The maximum absolute atomic E-state index is 11.5. The van der Waals surface area contributed by atoms with Gasteiger partial charge in [0.25, 0.3) is 0 Å². The Balaban J connectivity index is 1.71. The van der Waals surface area contributed by atoms with Crippen LogP contribution in [0.4, 0.5) is 0 Å². The van der Waals surface area contributed by atoms with Crippen molar-refractivity contribution < 1.29 is 28.8 Å². The predicted molar refractivity (Wildman–Crippen MR) is 113 cm³/mol. The van der Waals surface area contributed by atoms with Gasteiger partial charge in [-0.2, -0.15) is 0 Å². The monoisotopic (exact) mass is 430 g/mol. The molecule has 3 rings (SSSR count). The van der Waals surface area contributed by atoms with E-state index in [1.54, 1.807) is 20.3 Å². The zero-order valence-corrected chi connectivity index (χ0v) is 17.5. The van der Waals surface area contributed by atoms with E-state index in [9.17, 15) is 9.90 Å².